The summed E-state index contributed by atoms with van der Waals surface area (Å²) in [6.07, 6.45) is 8.37. The van der Waals surface area contributed by atoms with Gasteiger partial charge >= 0.3 is 12.1 Å². The quantitative estimate of drug-likeness (QED) is 0.631. The van der Waals surface area contributed by atoms with Crippen LogP contribution in [0.3, 0.4) is 0 Å². The Kier molecular flexibility index (Phi) is 17.2. The van der Waals surface area contributed by atoms with Gasteiger partial charge in [0, 0.05) is 13.0 Å². The number of carbonyl (C=O) groups excluding carboxylic acids is 2. The third-order valence-corrected chi connectivity index (χ3v) is 3.96. The summed E-state index contributed by atoms with van der Waals surface area (Å²) in [6.45, 7) is 13.8. The SMILES string of the molecule is CC(C)(C)OC(N)=O.CC(C)CO.CCCC1CCCCCC(=O)OC(C)C1. The molecule has 1 fully saturated rings. The van der Waals surface area contributed by atoms with E-state index in [1.54, 1.807) is 20.8 Å². The van der Waals surface area contributed by atoms with Gasteiger partial charge in [-0.25, -0.2) is 4.79 Å². The van der Waals surface area contributed by atoms with Crippen molar-refractivity contribution in [1.29, 1.82) is 0 Å². The first kappa shape index (κ1) is 28.9. The van der Waals surface area contributed by atoms with E-state index in [0.717, 1.165) is 18.8 Å². The topological polar surface area (TPSA) is 98.9 Å². The minimum absolute atomic E-state index is 0.000325. The first-order valence-corrected chi connectivity index (χ1v) is 10.7. The summed E-state index contributed by atoms with van der Waals surface area (Å²) < 4.78 is 9.94. The second-order valence-electron chi connectivity index (χ2n) is 8.90. The molecule has 1 aliphatic heterocycles. The summed E-state index contributed by atoms with van der Waals surface area (Å²) in [6, 6.07) is 0. The van der Waals surface area contributed by atoms with Crippen LogP contribution in [-0.4, -0.2) is 35.5 Å². The Morgan fingerprint density at radius 2 is 1.86 bits per heavy atom. The van der Waals surface area contributed by atoms with E-state index in [2.05, 4.69) is 11.7 Å². The summed E-state index contributed by atoms with van der Waals surface area (Å²) >= 11 is 0. The molecule has 0 radical (unpaired) electrons. The van der Waals surface area contributed by atoms with E-state index >= 15 is 0 Å². The summed E-state index contributed by atoms with van der Waals surface area (Å²) in [4.78, 5) is 21.4. The number of cyclic esters (lactones) is 1. The Morgan fingerprint density at radius 3 is 2.25 bits per heavy atom. The predicted molar refractivity (Wildman–Crippen MR) is 114 cm³/mol. The summed E-state index contributed by atoms with van der Waals surface area (Å²) in [7, 11) is 0. The van der Waals surface area contributed by atoms with Crippen molar-refractivity contribution in [2.24, 2.45) is 17.6 Å². The zero-order chi connectivity index (χ0) is 22.2. The van der Waals surface area contributed by atoms with Crippen LogP contribution in [0.1, 0.15) is 99.8 Å². The molecule has 0 bridgehead atoms. The van der Waals surface area contributed by atoms with Crippen molar-refractivity contribution in [3.8, 4) is 0 Å². The molecule has 1 heterocycles. The summed E-state index contributed by atoms with van der Waals surface area (Å²) in [5, 5.41) is 8.14. The van der Waals surface area contributed by atoms with Crippen molar-refractivity contribution in [2.45, 2.75) is 112 Å². The molecule has 28 heavy (non-hydrogen) atoms. The maximum Gasteiger partial charge on any atom is 0.405 e. The Labute approximate surface area is 172 Å². The van der Waals surface area contributed by atoms with Gasteiger partial charge in [0.15, 0.2) is 0 Å². The van der Waals surface area contributed by atoms with E-state index in [1.807, 2.05) is 20.8 Å². The van der Waals surface area contributed by atoms with Gasteiger partial charge < -0.3 is 20.3 Å². The van der Waals surface area contributed by atoms with Crippen molar-refractivity contribution >= 4 is 12.1 Å². The molecule has 0 aromatic carbocycles. The van der Waals surface area contributed by atoms with Crippen LogP contribution in [0.25, 0.3) is 0 Å². The average Bonchev–Trinajstić information content (AvgIpc) is 2.53. The molecule has 0 aliphatic carbocycles. The van der Waals surface area contributed by atoms with E-state index in [-0.39, 0.29) is 12.1 Å². The van der Waals surface area contributed by atoms with Crippen molar-refractivity contribution in [3.05, 3.63) is 0 Å². The maximum absolute atomic E-state index is 11.4. The summed E-state index contributed by atoms with van der Waals surface area (Å²) in [5.41, 5.74) is 4.26. The van der Waals surface area contributed by atoms with Crippen LogP contribution in [-0.2, 0) is 14.3 Å². The van der Waals surface area contributed by atoms with Crippen molar-refractivity contribution in [2.75, 3.05) is 6.61 Å². The number of hydrogen-bond acceptors (Lipinski definition) is 5. The molecule has 6 nitrogen and oxygen atoms in total. The molecule has 0 saturated carbocycles. The second kappa shape index (κ2) is 16.6. The van der Waals surface area contributed by atoms with Crippen LogP contribution >= 0.6 is 0 Å². The van der Waals surface area contributed by atoms with E-state index < -0.39 is 11.7 Å². The molecule has 1 aliphatic rings. The molecular weight excluding hydrogens is 358 g/mol. The molecule has 0 aromatic heterocycles. The molecule has 168 valence electrons. The standard InChI is InChI=1S/C13H24O2.C5H11NO2.C4H10O/c1-3-7-12-8-5-4-6-9-13(14)15-11(2)10-12;1-5(2,3)8-4(6)7;1-4(2)3-5/h11-12H,3-10H2,1-2H3;1-3H3,(H2,6,7);4-5H,3H2,1-2H3. The van der Waals surface area contributed by atoms with Gasteiger partial charge in [-0.3, -0.25) is 4.79 Å². The minimum atomic E-state index is -0.725. The van der Waals surface area contributed by atoms with E-state index in [9.17, 15) is 9.59 Å². The van der Waals surface area contributed by atoms with E-state index in [4.69, 9.17) is 15.6 Å². The van der Waals surface area contributed by atoms with Gasteiger partial charge in [-0.1, -0.05) is 52.9 Å². The fraction of sp³-hybridized carbons (Fsp3) is 0.909. The van der Waals surface area contributed by atoms with Gasteiger partial charge in [-0.15, -0.1) is 0 Å². The number of aliphatic hydroxyl groups excluding tert-OH is 1. The van der Waals surface area contributed by atoms with Crippen molar-refractivity contribution in [1.82, 2.24) is 0 Å². The molecule has 2 atom stereocenters. The molecule has 3 N–H and O–H groups in total. The Morgan fingerprint density at radius 1 is 1.29 bits per heavy atom. The molecule has 2 unspecified atom stereocenters. The van der Waals surface area contributed by atoms with Gasteiger partial charge in [0.2, 0.25) is 0 Å². The zero-order valence-corrected chi connectivity index (χ0v) is 19.3. The number of rotatable bonds is 3. The largest absolute Gasteiger partial charge is 0.463 e. The van der Waals surface area contributed by atoms with E-state index in [1.165, 1.54) is 32.1 Å². The molecular formula is C22H45NO5. The summed E-state index contributed by atoms with van der Waals surface area (Å²) in [5.74, 6) is 1.20. The molecule has 1 amide bonds. The number of primary amides is 1. The highest BCUT2D eigenvalue weighted by Crippen LogP contribution is 2.24. The average molecular weight is 404 g/mol. The highest BCUT2D eigenvalue weighted by molar-refractivity contribution is 5.69. The molecule has 0 aromatic rings. The van der Waals surface area contributed by atoms with Gasteiger partial charge in [0.25, 0.3) is 0 Å². The highest BCUT2D eigenvalue weighted by atomic mass is 16.6. The molecule has 1 rings (SSSR count). The van der Waals surface area contributed by atoms with Gasteiger partial charge in [0.05, 0.1) is 6.10 Å². The predicted octanol–water partition coefficient (Wildman–Crippen LogP) is 5.20. The lowest BCUT2D eigenvalue weighted by molar-refractivity contribution is -0.149. The zero-order valence-electron chi connectivity index (χ0n) is 19.3. The lowest BCUT2D eigenvalue weighted by Gasteiger charge is -2.22. The number of carbonyl (C=O) groups is 2. The first-order valence-electron chi connectivity index (χ1n) is 10.7. The number of amides is 1. The third-order valence-electron chi connectivity index (χ3n) is 3.96. The monoisotopic (exact) mass is 403 g/mol. The van der Waals surface area contributed by atoms with Gasteiger partial charge in [-0.2, -0.15) is 0 Å². The van der Waals surface area contributed by atoms with Crippen LogP contribution < -0.4 is 5.73 Å². The van der Waals surface area contributed by atoms with Gasteiger partial charge in [0.1, 0.15) is 5.60 Å². The van der Waals surface area contributed by atoms with Crippen LogP contribution in [0.15, 0.2) is 0 Å². The molecule has 0 spiro atoms. The number of ether oxygens (including phenoxy) is 2. The number of esters is 1. The number of aliphatic hydroxyl groups is 1. The van der Waals surface area contributed by atoms with Crippen LogP contribution in [0.2, 0.25) is 0 Å². The van der Waals surface area contributed by atoms with Gasteiger partial charge in [-0.05, 0) is 52.4 Å². The maximum atomic E-state index is 11.4. The van der Waals surface area contributed by atoms with Crippen LogP contribution in [0.5, 0.6) is 0 Å². The normalized spacial score (nSPS) is 20.7. The third kappa shape index (κ3) is 22.7. The van der Waals surface area contributed by atoms with Crippen molar-refractivity contribution in [3.63, 3.8) is 0 Å². The lowest BCUT2D eigenvalue weighted by Crippen LogP contribution is -2.27. The minimum Gasteiger partial charge on any atom is -0.463 e. The van der Waals surface area contributed by atoms with Crippen LogP contribution in [0.4, 0.5) is 4.79 Å². The Hall–Kier alpha value is -1.30. The first-order chi connectivity index (χ1) is 12.9. The number of hydrogen-bond donors (Lipinski definition) is 2. The smallest absolute Gasteiger partial charge is 0.405 e. The second-order valence-corrected chi connectivity index (χ2v) is 8.90. The van der Waals surface area contributed by atoms with Crippen molar-refractivity contribution < 1.29 is 24.2 Å². The Bertz CT molecular complexity index is 404. The fourth-order valence-electron chi connectivity index (χ4n) is 2.77. The van der Waals surface area contributed by atoms with Crippen LogP contribution in [0, 0.1) is 11.8 Å². The molecule has 6 heteroatoms. The lowest BCUT2D eigenvalue weighted by atomic mass is 9.91. The Balaban J connectivity index is 0. The fourth-order valence-corrected chi connectivity index (χ4v) is 2.77. The number of nitrogens with two attached hydrogens (primary N) is 1. The van der Waals surface area contributed by atoms with E-state index in [0.29, 0.717) is 18.9 Å². The highest BCUT2D eigenvalue weighted by Gasteiger charge is 2.17. The molecule has 1 saturated heterocycles.